The third-order valence-electron chi connectivity index (χ3n) is 2.69. The van der Waals surface area contributed by atoms with Gasteiger partial charge in [0.15, 0.2) is 18.1 Å². The molecule has 0 unspecified atom stereocenters. The van der Waals surface area contributed by atoms with E-state index < -0.39 is 11.9 Å². The zero-order valence-corrected chi connectivity index (χ0v) is 14.8. The van der Waals surface area contributed by atoms with Gasteiger partial charge in [-0.05, 0) is 34.5 Å². The fourth-order valence-electron chi connectivity index (χ4n) is 1.63. The third-order valence-corrected chi connectivity index (χ3v) is 3.28. The fourth-order valence-corrected chi connectivity index (χ4v) is 2.19. The van der Waals surface area contributed by atoms with Crippen molar-refractivity contribution in [2.24, 2.45) is 0 Å². The first-order valence-electron chi connectivity index (χ1n) is 7.08. The van der Waals surface area contributed by atoms with Crippen molar-refractivity contribution in [3.8, 4) is 11.5 Å². The molecule has 0 aromatic heterocycles. The van der Waals surface area contributed by atoms with E-state index in [1.165, 1.54) is 19.3 Å². The average molecular weight is 386 g/mol. The van der Waals surface area contributed by atoms with Gasteiger partial charge in [0.1, 0.15) is 0 Å². The second-order valence-corrected chi connectivity index (χ2v) is 5.36. The summed E-state index contributed by atoms with van der Waals surface area (Å²) in [4.78, 5) is 23.4. The first kappa shape index (κ1) is 19.0. The Morgan fingerprint density at radius 2 is 2.13 bits per heavy atom. The Labute approximate surface area is 143 Å². The van der Waals surface area contributed by atoms with E-state index in [-0.39, 0.29) is 12.2 Å². The molecule has 1 rings (SSSR count). The first-order chi connectivity index (χ1) is 11.0. The van der Waals surface area contributed by atoms with E-state index in [0.29, 0.717) is 29.1 Å². The number of carbonyl (C=O) groups excluding carboxylic acids is 2. The molecule has 0 radical (unpaired) electrons. The maximum atomic E-state index is 12.0. The molecular formula is C16H20BrNO5. The molecule has 6 nitrogen and oxygen atoms in total. The highest BCUT2D eigenvalue weighted by atomic mass is 79.9. The van der Waals surface area contributed by atoms with Crippen LogP contribution < -0.4 is 14.8 Å². The van der Waals surface area contributed by atoms with Gasteiger partial charge in [0.05, 0.1) is 23.8 Å². The van der Waals surface area contributed by atoms with Gasteiger partial charge in [0.2, 0.25) is 0 Å². The van der Waals surface area contributed by atoms with Crippen LogP contribution in [-0.2, 0) is 9.53 Å². The Balaban J connectivity index is 2.79. The fraction of sp³-hybridized carbons (Fsp3) is 0.375. The highest BCUT2D eigenvalue weighted by Crippen LogP contribution is 2.36. The van der Waals surface area contributed by atoms with Crippen LogP contribution in [0.1, 0.15) is 23.7 Å². The lowest BCUT2D eigenvalue weighted by Gasteiger charge is -2.13. The minimum absolute atomic E-state index is 0.258. The molecule has 0 spiro atoms. The van der Waals surface area contributed by atoms with Crippen LogP contribution in [0.3, 0.4) is 0 Å². The Morgan fingerprint density at radius 1 is 1.39 bits per heavy atom. The van der Waals surface area contributed by atoms with Crippen molar-refractivity contribution >= 4 is 27.8 Å². The molecule has 1 N–H and O–H groups in total. The number of esters is 1. The smallest absolute Gasteiger partial charge is 0.338 e. The lowest BCUT2D eigenvalue weighted by atomic mass is 10.2. The lowest BCUT2D eigenvalue weighted by Crippen LogP contribution is -2.28. The maximum absolute atomic E-state index is 12.0. The van der Waals surface area contributed by atoms with Crippen molar-refractivity contribution in [1.82, 2.24) is 5.32 Å². The molecule has 7 heteroatoms. The van der Waals surface area contributed by atoms with Crippen LogP contribution in [0.5, 0.6) is 11.5 Å². The predicted molar refractivity (Wildman–Crippen MR) is 90.0 cm³/mol. The number of hydrogen-bond donors (Lipinski definition) is 1. The van der Waals surface area contributed by atoms with E-state index in [4.69, 9.17) is 14.2 Å². The SMILES string of the molecule is C=CCNC(=O)COC(=O)c1cc(Br)c(OCCC)c(OC)c1. The van der Waals surface area contributed by atoms with Crippen molar-refractivity contribution in [1.29, 1.82) is 0 Å². The number of nitrogens with one attached hydrogen (secondary N) is 1. The summed E-state index contributed by atoms with van der Waals surface area (Å²) in [5.74, 6) is -0.0857. The first-order valence-corrected chi connectivity index (χ1v) is 7.87. The van der Waals surface area contributed by atoms with Crippen LogP contribution in [-0.4, -0.2) is 38.7 Å². The number of amides is 1. The van der Waals surface area contributed by atoms with E-state index in [9.17, 15) is 9.59 Å². The number of hydrogen-bond acceptors (Lipinski definition) is 5. The minimum Gasteiger partial charge on any atom is -0.493 e. The topological polar surface area (TPSA) is 73.9 Å². The van der Waals surface area contributed by atoms with Crippen molar-refractivity contribution in [3.05, 3.63) is 34.8 Å². The number of methoxy groups -OCH3 is 1. The van der Waals surface area contributed by atoms with Gasteiger partial charge in [0.25, 0.3) is 5.91 Å². The van der Waals surface area contributed by atoms with Crippen LogP contribution >= 0.6 is 15.9 Å². The molecule has 0 heterocycles. The summed E-state index contributed by atoms with van der Waals surface area (Å²) >= 11 is 3.35. The van der Waals surface area contributed by atoms with Crippen LogP contribution in [0.25, 0.3) is 0 Å². The highest BCUT2D eigenvalue weighted by Gasteiger charge is 2.17. The molecule has 0 aliphatic rings. The molecule has 0 aliphatic carbocycles. The van der Waals surface area contributed by atoms with E-state index in [1.54, 1.807) is 6.07 Å². The number of benzene rings is 1. The average Bonchev–Trinajstić information content (AvgIpc) is 2.55. The van der Waals surface area contributed by atoms with Crippen molar-refractivity contribution in [2.75, 3.05) is 26.9 Å². The summed E-state index contributed by atoms with van der Waals surface area (Å²) < 4.78 is 16.4. The van der Waals surface area contributed by atoms with Crippen LogP contribution in [0, 0.1) is 0 Å². The Kier molecular flexibility index (Phi) is 8.18. The maximum Gasteiger partial charge on any atom is 0.338 e. The number of ether oxygens (including phenoxy) is 3. The summed E-state index contributed by atoms with van der Waals surface area (Å²) in [7, 11) is 1.48. The molecule has 0 saturated heterocycles. The quantitative estimate of drug-likeness (QED) is 0.522. The van der Waals surface area contributed by atoms with Gasteiger partial charge >= 0.3 is 5.97 Å². The minimum atomic E-state index is -0.625. The van der Waals surface area contributed by atoms with Crippen LogP contribution in [0.4, 0.5) is 0 Å². The Morgan fingerprint density at radius 3 is 2.74 bits per heavy atom. The number of carbonyl (C=O) groups is 2. The summed E-state index contributed by atoms with van der Waals surface area (Å²) in [6.07, 6.45) is 2.38. The molecule has 0 saturated carbocycles. The van der Waals surface area contributed by atoms with Gasteiger partial charge < -0.3 is 19.5 Å². The Hall–Kier alpha value is -2.02. The largest absolute Gasteiger partial charge is 0.493 e. The van der Waals surface area contributed by atoms with Gasteiger partial charge in [-0.25, -0.2) is 4.79 Å². The molecule has 1 amide bonds. The summed E-state index contributed by atoms with van der Waals surface area (Å²) in [5, 5.41) is 2.52. The van der Waals surface area contributed by atoms with E-state index in [1.807, 2.05) is 6.92 Å². The van der Waals surface area contributed by atoms with E-state index in [2.05, 4.69) is 27.8 Å². The molecule has 1 aromatic rings. The summed E-state index contributed by atoms with van der Waals surface area (Å²) in [5.41, 5.74) is 0.258. The molecule has 0 atom stereocenters. The molecule has 0 bridgehead atoms. The summed E-state index contributed by atoms with van der Waals surface area (Å²) in [6, 6.07) is 3.08. The van der Waals surface area contributed by atoms with E-state index in [0.717, 1.165) is 6.42 Å². The second kappa shape index (κ2) is 9.89. The van der Waals surface area contributed by atoms with Crippen LogP contribution in [0.2, 0.25) is 0 Å². The molecule has 1 aromatic carbocycles. The van der Waals surface area contributed by atoms with Crippen LogP contribution in [0.15, 0.2) is 29.3 Å². The zero-order valence-electron chi connectivity index (χ0n) is 13.2. The van der Waals surface area contributed by atoms with Crippen molar-refractivity contribution < 1.29 is 23.8 Å². The monoisotopic (exact) mass is 385 g/mol. The molecule has 0 aliphatic heterocycles. The number of halogens is 1. The number of rotatable bonds is 9. The summed E-state index contributed by atoms with van der Waals surface area (Å²) in [6.45, 7) is 5.96. The zero-order chi connectivity index (χ0) is 17.2. The van der Waals surface area contributed by atoms with Crippen molar-refractivity contribution in [3.63, 3.8) is 0 Å². The van der Waals surface area contributed by atoms with Gasteiger partial charge in [-0.1, -0.05) is 13.0 Å². The highest BCUT2D eigenvalue weighted by molar-refractivity contribution is 9.10. The predicted octanol–water partition coefficient (Wildman–Crippen LogP) is 2.71. The van der Waals surface area contributed by atoms with Gasteiger partial charge in [-0.3, -0.25) is 4.79 Å². The van der Waals surface area contributed by atoms with Crippen molar-refractivity contribution in [2.45, 2.75) is 13.3 Å². The molecule has 0 fully saturated rings. The Bertz CT molecular complexity index is 574. The van der Waals surface area contributed by atoms with Gasteiger partial charge in [0, 0.05) is 6.54 Å². The third kappa shape index (κ3) is 5.94. The lowest BCUT2D eigenvalue weighted by molar-refractivity contribution is -0.124. The standard InChI is InChI=1S/C16H20BrNO5/c1-4-6-18-14(19)10-23-16(20)11-8-12(17)15(22-7-5-2)13(9-11)21-3/h4,8-9H,1,5-7,10H2,2-3H3,(H,18,19). The van der Waals surface area contributed by atoms with Gasteiger partial charge in [-0.2, -0.15) is 0 Å². The second-order valence-electron chi connectivity index (χ2n) is 4.51. The molecule has 126 valence electrons. The normalized spacial score (nSPS) is 9.87. The molecule has 23 heavy (non-hydrogen) atoms. The van der Waals surface area contributed by atoms with Gasteiger partial charge in [-0.15, -0.1) is 6.58 Å². The molecular weight excluding hydrogens is 366 g/mol. The van der Waals surface area contributed by atoms with E-state index >= 15 is 0 Å².